The zero-order chi connectivity index (χ0) is 23.6. The Labute approximate surface area is 212 Å². The van der Waals surface area contributed by atoms with Gasteiger partial charge in [0.25, 0.3) is 0 Å². The topological polar surface area (TPSA) is 21.8 Å². The minimum Gasteiger partial charge on any atom is -0.490 e. The van der Waals surface area contributed by atoms with Crippen LogP contribution in [0.4, 0.5) is 0 Å². The number of hydrogen-bond acceptors (Lipinski definition) is 2. The van der Waals surface area contributed by atoms with Crippen molar-refractivity contribution in [3.63, 3.8) is 0 Å². The summed E-state index contributed by atoms with van der Waals surface area (Å²) >= 11 is 0. The van der Waals surface area contributed by atoms with Gasteiger partial charge >= 0.3 is 0 Å². The van der Waals surface area contributed by atoms with Crippen molar-refractivity contribution in [1.82, 2.24) is 0 Å². The summed E-state index contributed by atoms with van der Waals surface area (Å²) in [6.07, 6.45) is 17.9. The second kappa shape index (κ2) is 7.30. The third-order valence-electron chi connectivity index (χ3n) is 11.9. The fraction of sp³-hybridized carbons (Fsp3) is 0.818. The average Bonchev–Trinajstić information content (AvgIpc) is 3.59. The Morgan fingerprint density at radius 3 is 1.51 bits per heavy atom. The predicted octanol–water partition coefficient (Wildman–Crippen LogP) is 7.70. The Kier molecular flexibility index (Phi) is 4.59. The first-order chi connectivity index (χ1) is 16.8. The van der Waals surface area contributed by atoms with Gasteiger partial charge < -0.3 is 9.47 Å². The van der Waals surface area contributed by atoms with Gasteiger partial charge in [-0.3, -0.25) is 0 Å². The lowest BCUT2D eigenvalue weighted by Gasteiger charge is -2.59. The number of benzene rings is 1. The van der Waals surface area contributed by atoms with Crippen LogP contribution >= 0.6 is 0 Å². The van der Waals surface area contributed by atoms with Gasteiger partial charge in [0.1, 0.15) is 18.5 Å². The zero-order valence-electron chi connectivity index (χ0n) is 22.4. The summed E-state index contributed by atoms with van der Waals surface area (Å²) in [6, 6.07) is 5.29. The highest BCUT2D eigenvalue weighted by molar-refractivity contribution is 5.56. The van der Waals surface area contributed by atoms with E-state index in [2.05, 4.69) is 32.9 Å². The van der Waals surface area contributed by atoms with Crippen molar-refractivity contribution in [2.24, 2.45) is 35.5 Å². The third-order valence-corrected chi connectivity index (χ3v) is 11.9. The van der Waals surface area contributed by atoms with Gasteiger partial charge in [-0.25, -0.2) is 0 Å². The molecule has 2 nitrogen and oxygen atoms in total. The summed E-state index contributed by atoms with van der Waals surface area (Å²) in [7, 11) is 0. The Bertz CT molecular complexity index is 954. The molecule has 0 aromatic heterocycles. The molecule has 8 bridgehead atoms. The molecule has 1 aliphatic heterocycles. The SMILES string of the molecule is CC(C)(C)c1c(C23CC4CC(CC(C4)C2)C3)ccc(C23CC4CC(CC(C4)C2)C3)c1OCC1CO1. The van der Waals surface area contributed by atoms with E-state index < -0.39 is 0 Å². The summed E-state index contributed by atoms with van der Waals surface area (Å²) in [6.45, 7) is 9.03. The van der Waals surface area contributed by atoms with Crippen molar-refractivity contribution >= 4 is 0 Å². The molecule has 1 saturated heterocycles. The maximum atomic E-state index is 6.99. The first-order valence-electron chi connectivity index (χ1n) is 15.2. The fourth-order valence-electron chi connectivity index (χ4n) is 11.6. The molecular formula is C33H46O2. The molecule has 1 unspecified atom stereocenters. The summed E-state index contributed by atoms with van der Waals surface area (Å²) in [5.41, 5.74) is 5.77. The van der Waals surface area contributed by atoms with Crippen LogP contribution in [-0.4, -0.2) is 19.3 Å². The van der Waals surface area contributed by atoms with Crippen LogP contribution in [0.1, 0.15) is 115 Å². The monoisotopic (exact) mass is 474 g/mol. The van der Waals surface area contributed by atoms with Crippen molar-refractivity contribution in [3.8, 4) is 5.75 Å². The maximum absolute atomic E-state index is 6.99. The van der Waals surface area contributed by atoms with Crippen LogP contribution < -0.4 is 4.74 Å². The van der Waals surface area contributed by atoms with Gasteiger partial charge in [0.05, 0.1) is 6.61 Å². The molecule has 0 amide bonds. The molecule has 8 aliphatic carbocycles. The zero-order valence-corrected chi connectivity index (χ0v) is 22.4. The molecule has 35 heavy (non-hydrogen) atoms. The molecule has 1 aromatic rings. The lowest BCUT2D eigenvalue weighted by atomic mass is 9.46. The van der Waals surface area contributed by atoms with E-state index in [0.29, 0.717) is 16.9 Å². The van der Waals surface area contributed by atoms with Gasteiger partial charge in [-0.2, -0.15) is 0 Å². The molecular weight excluding hydrogens is 428 g/mol. The summed E-state index contributed by atoms with van der Waals surface area (Å²) in [4.78, 5) is 0. The number of hydrogen-bond donors (Lipinski definition) is 0. The van der Waals surface area contributed by atoms with Crippen LogP contribution in [0.5, 0.6) is 5.75 Å². The van der Waals surface area contributed by atoms with Gasteiger partial charge in [-0.15, -0.1) is 0 Å². The van der Waals surface area contributed by atoms with Crippen LogP contribution in [0.15, 0.2) is 12.1 Å². The maximum Gasteiger partial charge on any atom is 0.127 e. The molecule has 0 N–H and O–H groups in total. The van der Waals surface area contributed by atoms with E-state index in [4.69, 9.17) is 9.47 Å². The predicted molar refractivity (Wildman–Crippen MR) is 140 cm³/mol. The Morgan fingerprint density at radius 1 is 0.714 bits per heavy atom. The molecule has 10 rings (SSSR count). The number of ether oxygens (including phenoxy) is 2. The van der Waals surface area contributed by atoms with E-state index in [0.717, 1.165) is 48.7 Å². The Balaban J connectivity index is 1.29. The Hall–Kier alpha value is -1.02. The first kappa shape index (κ1) is 22.0. The van der Waals surface area contributed by atoms with Crippen molar-refractivity contribution in [3.05, 3.63) is 28.8 Å². The Morgan fingerprint density at radius 2 is 1.11 bits per heavy atom. The lowest BCUT2D eigenvalue weighted by molar-refractivity contribution is -0.00868. The molecule has 1 aromatic carbocycles. The van der Waals surface area contributed by atoms with Crippen molar-refractivity contribution in [2.75, 3.05) is 13.2 Å². The largest absolute Gasteiger partial charge is 0.490 e. The van der Waals surface area contributed by atoms with Gasteiger partial charge in [-0.1, -0.05) is 32.9 Å². The summed E-state index contributed by atoms with van der Waals surface area (Å²) < 4.78 is 12.6. The molecule has 190 valence electrons. The van der Waals surface area contributed by atoms with Crippen molar-refractivity contribution < 1.29 is 9.47 Å². The number of epoxide rings is 1. The molecule has 0 spiro atoms. The second-order valence-electron chi connectivity index (χ2n) is 15.8. The first-order valence-corrected chi connectivity index (χ1v) is 15.2. The number of rotatable bonds is 5. The molecule has 1 heterocycles. The van der Waals surface area contributed by atoms with Gasteiger partial charge in [0.15, 0.2) is 0 Å². The highest BCUT2D eigenvalue weighted by atomic mass is 16.6. The standard InChI is InChI=1S/C33H46O2/c1-31(2,3)29-27(32-12-20-6-21(13-32)8-22(7-20)14-32)4-5-28(30(29)35-19-26-18-34-26)33-15-23-9-24(16-33)11-25(10-23)17-33/h4-5,20-26H,6-19H2,1-3H3. The minimum atomic E-state index is 0.0940. The van der Waals surface area contributed by atoms with Gasteiger partial charge in [0.2, 0.25) is 0 Å². The summed E-state index contributed by atoms with van der Waals surface area (Å²) in [5.74, 6) is 7.12. The van der Waals surface area contributed by atoms with Gasteiger partial charge in [0, 0.05) is 11.1 Å². The minimum absolute atomic E-state index is 0.0940. The van der Waals surface area contributed by atoms with E-state index in [9.17, 15) is 0 Å². The normalized spacial score (nSPS) is 46.9. The molecule has 0 radical (unpaired) electrons. The van der Waals surface area contributed by atoms with Crippen molar-refractivity contribution in [1.29, 1.82) is 0 Å². The highest BCUT2D eigenvalue weighted by Gasteiger charge is 2.56. The third kappa shape index (κ3) is 3.44. The van der Waals surface area contributed by atoms with Crippen LogP contribution in [-0.2, 0) is 21.0 Å². The smallest absolute Gasteiger partial charge is 0.127 e. The van der Waals surface area contributed by atoms with E-state index in [-0.39, 0.29) is 5.41 Å². The van der Waals surface area contributed by atoms with E-state index in [1.807, 2.05) is 0 Å². The van der Waals surface area contributed by atoms with E-state index in [1.54, 1.807) is 16.7 Å². The summed E-state index contributed by atoms with van der Waals surface area (Å²) in [5, 5.41) is 0. The lowest BCUT2D eigenvalue weighted by Crippen LogP contribution is -2.50. The van der Waals surface area contributed by atoms with Crippen LogP contribution in [0, 0.1) is 35.5 Å². The van der Waals surface area contributed by atoms with E-state index >= 15 is 0 Å². The second-order valence-corrected chi connectivity index (χ2v) is 15.8. The van der Waals surface area contributed by atoms with Crippen LogP contribution in [0.3, 0.4) is 0 Å². The molecule has 1 atom stereocenters. The molecule has 9 fully saturated rings. The fourth-order valence-corrected chi connectivity index (χ4v) is 11.6. The quantitative estimate of drug-likeness (QED) is 0.408. The van der Waals surface area contributed by atoms with Crippen LogP contribution in [0.2, 0.25) is 0 Å². The molecule has 9 aliphatic rings. The average molecular weight is 475 g/mol. The van der Waals surface area contributed by atoms with E-state index in [1.165, 1.54) is 82.8 Å². The molecule has 8 saturated carbocycles. The highest BCUT2D eigenvalue weighted by Crippen LogP contribution is 2.65. The van der Waals surface area contributed by atoms with Crippen molar-refractivity contribution in [2.45, 2.75) is 120 Å². The van der Waals surface area contributed by atoms with Gasteiger partial charge in [-0.05, 0) is 134 Å². The van der Waals surface area contributed by atoms with Crippen LogP contribution in [0.25, 0.3) is 0 Å². The molecule has 2 heteroatoms.